The van der Waals surface area contributed by atoms with E-state index in [1.807, 2.05) is 23.6 Å². The number of nitrogens with one attached hydrogen (secondary N) is 1. The van der Waals surface area contributed by atoms with E-state index in [0.717, 1.165) is 4.21 Å². The second kappa shape index (κ2) is 7.72. The molecule has 1 aromatic heterocycles. The van der Waals surface area contributed by atoms with E-state index in [1.165, 1.54) is 11.3 Å². The number of nitrogens with zero attached hydrogens (tertiary/aromatic N) is 1. The Bertz CT molecular complexity index is 658. The summed E-state index contributed by atoms with van der Waals surface area (Å²) >= 11 is 1.47. The van der Waals surface area contributed by atoms with Crippen LogP contribution < -0.4 is 5.32 Å². The fourth-order valence-electron chi connectivity index (χ4n) is 1.71. The summed E-state index contributed by atoms with van der Waals surface area (Å²) < 4.78 is 12.7. The fourth-order valence-corrected chi connectivity index (χ4v) is 3.84. The van der Waals surface area contributed by atoms with Crippen LogP contribution in [0.5, 0.6) is 0 Å². The normalized spacial score (nSPS) is 11.6. The van der Waals surface area contributed by atoms with Crippen molar-refractivity contribution in [1.29, 1.82) is 5.26 Å². The first-order chi connectivity index (χ1) is 10.2. The van der Waals surface area contributed by atoms with Crippen molar-refractivity contribution in [3.63, 3.8) is 0 Å². The molecule has 4 nitrogen and oxygen atoms in total. The number of nitriles is 1. The Morgan fingerprint density at radius 3 is 2.67 bits per heavy atom. The van der Waals surface area contributed by atoms with Crippen LogP contribution in [0, 0.1) is 11.3 Å². The van der Waals surface area contributed by atoms with Crippen LogP contribution in [0.4, 0.5) is 5.69 Å². The van der Waals surface area contributed by atoms with Crippen LogP contribution in [0.2, 0.25) is 0 Å². The van der Waals surface area contributed by atoms with E-state index in [9.17, 15) is 9.00 Å². The molecule has 1 heterocycles. The van der Waals surface area contributed by atoms with E-state index < -0.39 is 10.8 Å². The Labute approximate surface area is 129 Å². The fraction of sp³-hybridized carbons (Fsp3) is 0.200. The average Bonchev–Trinajstić information content (AvgIpc) is 3.02. The van der Waals surface area contributed by atoms with E-state index in [1.54, 1.807) is 24.3 Å². The number of hydrogen-bond donors (Lipinski definition) is 1. The summed E-state index contributed by atoms with van der Waals surface area (Å²) in [6, 6.07) is 12.4. The molecular weight excluding hydrogens is 304 g/mol. The molecule has 1 amide bonds. The van der Waals surface area contributed by atoms with E-state index in [4.69, 9.17) is 5.26 Å². The summed E-state index contributed by atoms with van der Waals surface area (Å²) in [7, 11) is -1.02. The zero-order valence-corrected chi connectivity index (χ0v) is 12.9. The van der Waals surface area contributed by atoms with Crippen molar-refractivity contribution in [2.45, 2.75) is 17.1 Å². The Kier molecular flexibility index (Phi) is 5.67. The maximum Gasteiger partial charge on any atom is 0.224 e. The van der Waals surface area contributed by atoms with E-state index in [2.05, 4.69) is 5.32 Å². The van der Waals surface area contributed by atoms with Crippen molar-refractivity contribution < 1.29 is 9.00 Å². The highest BCUT2D eigenvalue weighted by Gasteiger charge is 2.07. The molecule has 1 aromatic carbocycles. The van der Waals surface area contributed by atoms with Crippen LogP contribution in [0.1, 0.15) is 18.4 Å². The van der Waals surface area contributed by atoms with Gasteiger partial charge in [0.25, 0.3) is 0 Å². The molecule has 1 atom stereocenters. The Morgan fingerprint density at radius 1 is 1.29 bits per heavy atom. The number of anilines is 1. The van der Waals surface area contributed by atoms with E-state index in [-0.39, 0.29) is 5.91 Å². The largest absolute Gasteiger partial charge is 0.326 e. The van der Waals surface area contributed by atoms with Crippen molar-refractivity contribution in [3.05, 3.63) is 47.3 Å². The number of carbonyl (C=O) groups is 1. The molecule has 2 rings (SSSR count). The molecule has 0 radical (unpaired) electrons. The van der Waals surface area contributed by atoms with Gasteiger partial charge in [-0.1, -0.05) is 6.07 Å². The molecule has 0 spiro atoms. The molecule has 0 bridgehead atoms. The smallest absolute Gasteiger partial charge is 0.224 e. The third-order valence-electron chi connectivity index (χ3n) is 2.75. The Hall–Kier alpha value is -1.97. The van der Waals surface area contributed by atoms with Crippen LogP contribution in [0.3, 0.4) is 0 Å². The highest BCUT2D eigenvalue weighted by molar-refractivity contribution is 7.87. The summed E-state index contributed by atoms with van der Waals surface area (Å²) in [6.07, 6.45) is 0.906. The molecule has 1 N–H and O–H groups in total. The number of carbonyl (C=O) groups excluding carboxylic acids is 1. The lowest BCUT2D eigenvalue weighted by atomic mass is 10.2. The minimum atomic E-state index is -1.02. The van der Waals surface area contributed by atoms with Gasteiger partial charge in [-0.25, -0.2) is 0 Å². The third kappa shape index (κ3) is 4.81. The van der Waals surface area contributed by atoms with Crippen LogP contribution >= 0.6 is 11.3 Å². The predicted molar refractivity (Wildman–Crippen MR) is 84.6 cm³/mol. The van der Waals surface area contributed by atoms with Crippen LogP contribution in [-0.4, -0.2) is 15.9 Å². The van der Waals surface area contributed by atoms with Gasteiger partial charge in [-0.2, -0.15) is 5.26 Å². The maximum absolute atomic E-state index is 11.9. The lowest BCUT2D eigenvalue weighted by Gasteiger charge is -2.05. The van der Waals surface area contributed by atoms with Crippen molar-refractivity contribution in [2.24, 2.45) is 0 Å². The highest BCUT2D eigenvalue weighted by Crippen LogP contribution is 2.15. The summed E-state index contributed by atoms with van der Waals surface area (Å²) in [5.74, 6) is 0.379. The molecule has 0 fully saturated rings. The third-order valence-corrected chi connectivity index (χ3v) is 5.50. The molecule has 1 unspecified atom stereocenters. The van der Waals surface area contributed by atoms with Crippen molar-refractivity contribution in [3.8, 4) is 6.07 Å². The second-order valence-electron chi connectivity index (χ2n) is 4.32. The van der Waals surface area contributed by atoms with Gasteiger partial charge in [-0.05, 0) is 42.1 Å². The number of hydrogen-bond acceptors (Lipinski definition) is 4. The molecule has 0 saturated heterocycles. The minimum Gasteiger partial charge on any atom is -0.326 e. The SMILES string of the molecule is N#Cc1ccc(NC(=O)CCCS(=O)c2cccs2)cc1. The van der Waals surface area contributed by atoms with Crippen molar-refractivity contribution >= 4 is 33.7 Å². The molecule has 21 heavy (non-hydrogen) atoms. The number of thiophene rings is 1. The average molecular weight is 318 g/mol. The lowest BCUT2D eigenvalue weighted by molar-refractivity contribution is -0.116. The van der Waals surface area contributed by atoms with Gasteiger partial charge >= 0.3 is 0 Å². The summed E-state index contributed by atoms with van der Waals surface area (Å²) in [5, 5.41) is 13.3. The number of rotatable bonds is 6. The summed E-state index contributed by atoms with van der Waals surface area (Å²) in [4.78, 5) is 11.8. The molecule has 2 aromatic rings. The molecular formula is C15H14N2O2S2. The number of benzene rings is 1. The van der Waals surface area contributed by atoms with Gasteiger partial charge in [0.1, 0.15) is 0 Å². The quantitative estimate of drug-likeness (QED) is 0.889. The number of amides is 1. The van der Waals surface area contributed by atoms with Gasteiger partial charge in [0.05, 0.1) is 26.6 Å². The van der Waals surface area contributed by atoms with E-state index >= 15 is 0 Å². The molecule has 108 valence electrons. The monoisotopic (exact) mass is 318 g/mol. The molecule has 0 aliphatic heterocycles. The standard InChI is InChI=1S/C15H14N2O2S2/c16-11-12-5-7-13(8-6-12)17-14(18)3-2-10-21(19)15-4-1-9-20-15/h1,4-9H,2-3,10H2,(H,17,18). The van der Waals surface area contributed by atoms with Crippen molar-refractivity contribution in [2.75, 3.05) is 11.1 Å². The summed E-state index contributed by atoms with van der Waals surface area (Å²) in [6.45, 7) is 0. The zero-order chi connectivity index (χ0) is 15.1. The first kappa shape index (κ1) is 15.4. The molecule has 6 heteroatoms. The second-order valence-corrected chi connectivity index (χ2v) is 7.07. The molecule has 0 saturated carbocycles. The zero-order valence-electron chi connectivity index (χ0n) is 11.2. The molecule has 0 aliphatic rings. The van der Waals surface area contributed by atoms with Crippen LogP contribution in [0.15, 0.2) is 46.0 Å². The van der Waals surface area contributed by atoms with Gasteiger partial charge in [0.2, 0.25) is 5.91 Å². The Morgan fingerprint density at radius 2 is 2.05 bits per heavy atom. The van der Waals surface area contributed by atoms with Gasteiger partial charge in [0, 0.05) is 17.9 Å². The van der Waals surface area contributed by atoms with Gasteiger partial charge in [0.15, 0.2) is 0 Å². The maximum atomic E-state index is 11.9. The van der Waals surface area contributed by atoms with Gasteiger partial charge < -0.3 is 5.32 Å². The summed E-state index contributed by atoms with van der Waals surface area (Å²) in [5.41, 5.74) is 1.22. The predicted octanol–water partition coefficient (Wildman–Crippen LogP) is 3.15. The van der Waals surface area contributed by atoms with Crippen molar-refractivity contribution in [1.82, 2.24) is 0 Å². The van der Waals surface area contributed by atoms with Crippen LogP contribution in [-0.2, 0) is 15.6 Å². The first-order valence-corrected chi connectivity index (χ1v) is 8.61. The highest BCUT2D eigenvalue weighted by atomic mass is 32.2. The Balaban J connectivity index is 1.74. The van der Waals surface area contributed by atoms with E-state index in [0.29, 0.717) is 29.8 Å². The minimum absolute atomic E-state index is 0.108. The first-order valence-electron chi connectivity index (χ1n) is 6.41. The van der Waals surface area contributed by atoms with Gasteiger partial charge in [-0.3, -0.25) is 9.00 Å². The lowest BCUT2D eigenvalue weighted by Crippen LogP contribution is -2.12. The molecule has 0 aliphatic carbocycles. The van der Waals surface area contributed by atoms with Crippen LogP contribution in [0.25, 0.3) is 0 Å². The van der Waals surface area contributed by atoms with Gasteiger partial charge in [-0.15, -0.1) is 11.3 Å². The topological polar surface area (TPSA) is 70.0 Å².